The van der Waals surface area contributed by atoms with Gasteiger partial charge in [0.15, 0.2) is 0 Å². The molecule has 18 heavy (non-hydrogen) atoms. The van der Waals surface area contributed by atoms with Crippen LogP contribution in [0.4, 0.5) is 5.82 Å². The molecule has 0 aliphatic carbocycles. The van der Waals surface area contributed by atoms with E-state index in [1.165, 1.54) is 24.2 Å². The number of nitrogens with one attached hydrogen (secondary N) is 1. The lowest BCUT2D eigenvalue weighted by Crippen LogP contribution is -2.44. The fraction of sp³-hybridized carbons (Fsp3) is 0.643. The SMILES string of the molecule is CC1(C)CN(C2CCNCC2)c2ncc(Br)cc21. The van der Waals surface area contributed by atoms with E-state index in [0.717, 1.165) is 24.1 Å². The van der Waals surface area contributed by atoms with Crippen molar-refractivity contribution in [1.29, 1.82) is 0 Å². The zero-order valence-electron chi connectivity index (χ0n) is 11.0. The van der Waals surface area contributed by atoms with Crippen molar-refractivity contribution in [3.8, 4) is 0 Å². The van der Waals surface area contributed by atoms with Gasteiger partial charge in [-0.2, -0.15) is 0 Å². The third kappa shape index (κ3) is 2.05. The first-order valence-corrected chi connectivity index (χ1v) is 7.51. The predicted octanol–water partition coefficient (Wildman–Crippen LogP) is 2.69. The second-order valence-electron chi connectivity index (χ2n) is 6.02. The molecule has 3 nitrogen and oxygen atoms in total. The average Bonchev–Trinajstić information content (AvgIpc) is 2.63. The Hall–Kier alpha value is -0.610. The van der Waals surface area contributed by atoms with E-state index in [-0.39, 0.29) is 5.41 Å². The molecule has 2 aliphatic heterocycles. The fourth-order valence-corrected chi connectivity index (χ4v) is 3.50. The molecule has 98 valence electrons. The number of pyridine rings is 1. The highest BCUT2D eigenvalue weighted by Crippen LogP contribution is 2.42. The Morgan fingerprint density at radius 2 is 2.11 bits per heavy atom. The van der Waals surface area contributed by atoms with Crippen molar-refractivity contribution in [2.45, 2.75) is 38.1 Å². The van der Waals surface area contributed by atoms with Crippen LogP contribution in [-0.4, -0.2) is 30.7 Å². The van der Waals surface area contributed by atoms with Crippen LogP contribution in [0.25, 0.3) is 0 Å². The predicted molar refractivity (Wildman–Crippen MR) is 78.2 cm³/mol. The molecule has 0 unspecified atom stereocenters. The minimum atomic E-state index is 0.205. The molecule has 1 N–H and O–H groups in total. The molecule has 0 bridgehead atoms. The van der Waals surface area contributed by atoms with Gasteiger partial charge in [-0.05, 0) is 47.9 Å². The van der Waals surface area contributed by atoms with Crippen LogP contribution in [0.1, 0.15) is 32.3 Å². The van der Waals surface area contributed by atoms with Crippen molar-refractivity contribution >= 4 is 21.7 Å². The number of nitrogens with zero attached hydrogens (tertiary/aromatic N) is 2. The lowest BCUT2D eigenvalue weighted by atomic mass is 9.88. The zero-order valence-corrected chi connectivity index (χ0v) is 12.6. The third-order valence-electron chi connectivity index (χ3n) is 4.15. The lowest BCUT2D eigenvalue weighted by molar-refractivity contribution is 0.414. The smallest absolute Gasteiger partial charge is 0.132 e. The summed E-state index contributed by atoms with van der Waals surface area (Å²) < 4.78 is 1.08. The second-order valence-corrected chi connectivity index (χ2v) is 6.93. The Morgan fingerprint density at radius 3 is 2.83 bits per heavy atom. The van der Waals surface area contributed by atoms with Gasteiger partial charge in [0.2, 0.25) is 0 Å². The summed E-state index contributed by atoms with van der Waals surface area (Å²) in [5.74, 6) is 1.20. The zero-order chi connectivity index (χ0) is 12.8. The molecule has 2 aliphatic rings. The van der Waals surface area contributed by atoms with Gasteiger partial charge in [-0.1, -0.05) is 13.8 Å². The van der Waals surface area contributed by atoms with Gasteiger partial charge in [-0.25, -0.2) is 4.98 Å². The molecule has 1 fully saturated rings. The number of fused-ring (bicyclic) bond motifs is 1. The summed E-state index contributed by atoms with van der Waals surface area (Å²) in [6, 6.07) is 2.89. The normalized spacial score (nSPS) is 23.2. The minimum Gasteiger partial charge on any atom is -0.352 e. The quantitative estimate of drug-likeness (QED) is 0.864. The number of aromatic nitrogens is 1. The highest BCUT2D eigenvalue weighted by Gasteiger charge is 2.39. The highest BCUT2D eigenvalue weighted by atomic mass is 79.9. The van der Waals surface area contributed by atoms with E-state index in [0.29, 0.717) is 6.04 Å². The molecule has 0 atom stereocenters. The van der Waals surface area contributed by atoms with E-state index in [1.807, 2.05) is 6.20 Å². The fourth-order valence-electron chi connectivity index (χ4n) is 3.17. The van der Waals surface area contributed by atoms with Crippen molar-refractivity contribution in [2.24, 2.45) is 0 Å². The summed E-state index contributed by atoms with van der Waals surface area (Å²) in [5.41, 5.74) is 1.59. The maximum Gasteiger partial charge on any atom is 0.132 e. The first-order chi connectivity index (χ1) is 8.58. The standard InChI is InChI=1S/C14H20BrN3/c1-14(2)9-18(11-3-5-16-6-4-11)13-12(14)7-10(15)8-17-13/h7-8,11,16H,3-6,9H2,1-2H3. The van der Waals surface area contributed by atoms with Crippen molar-refractivity contribution in [1.82, 2.24) is 10.3 Å². The molecule has 0 aromatic carbocycles. The van der Waals surface area contributed by atoms with E-state index < -0.39 is 0 Å². The highest BCUT2D eigenvalue weighted by molar-refractivity contribution is 9.10. The van der Waals surface area contributed by atoms with Crippen LogP contribution in [0.5, 0.6) is 0 Å². The Kier molecular flexibility index (Phi) is 3.10. The van der Waals surface area contributed by atoms with Gasteiger partial charge < -0.3 is 10.2 Å². The summed E-state index contributed by atoms with van der Waals surface area (Å²) >= 11 is 3.54. The monoisotopic (exact) mass is 309 g/mol. The largest absolute Gasteiger partial charge is 0.352 e. The molecular formula is C14H20BrN3. The Bertz CT molecular complexity index is 452. The summed E-state index contributed by atoms with van der Waals surface area (Å²) in [6.45, 7) is 8.00. The van der Waals surface area contributed by atoms with E-state index in [9.17, 15) is 0 Å². The van der Waals surface area contributed by atoms with Crippen LogP contribution in [0.15, 0.2) is 16.7 Å². The van der Waals surface area contributed by atoms with Crippen LogP contribution in [0, 0.1) is 0 Å². The molecule has 3 rings (SSSR count). The molecule has 4 heteroatoms. The Morgan fingerprint density at radius 1 is 1.39 bits per heavy atom. The van der Waals surface area contributed by atoms with Gasteiger partial charge in [-0.3, -0.25) is 0 Å². The number of halogens is 1. The molecule has 0 amide bonds. The minimum absolute atomic E-state index is 0.205. The second kappa shape index (κ2) is 4.49. The summed E-state index contributed by atoms with van der Waals surface area (Å²) in [5, 5.41) is 3.44. The van der Waals surface area contributed by atoms with Gasteiger partial charge in [0.05, 0.1) is 0 Å². The molecule has 1 aromatic heterocycles. The van der Waals surface area contributed by atoms with Crippen LogP contribution in [-0.2, 0) is 5.41 Å². The average molecular weight is 310 g/mol. The maximum atomic E-state index is 4.67. The molecular weight excluding hydrogens is 290 g/mol. The summed E-state index contributed by atoms with van der Waals surface area (Å²) in [4.78, 5) is 7.20. The number of rotatable bonds is 1. The summed E-state index contributed by atoms with van der Waals surface area (Å²) in [6.07, 6.45) is 4.38. The van der Waals surface area contributed by atoms with Crippen molar-refractivity contribution in [3.63, 3.8) is 0 Å². The molecule has 0 spiro atoms. The van der Waals surface area contributed by atoms with Crippen molar-refractivity contribution < 1.29 is 0 Å². The Labute approximate surface area is 117 Å². The molecule has 0 saturated carbocycles. The lowest BCUT2D eigenvalue weighted by Gasteiger charge is -2.33. The van der Waals surface area contributed by atoms with Gasteiger partial charge in [0, 0.05) is 34.2 Å². The van der Waals surface area contributed by atoms with Gasteiger partial charge in [0.1, 0.15) is 5.82 Å². The molecule has 1 saturated heterocycles. The first kappa shape index (κ1) is 12.4. The number of hydrogen-bond donors (Lipinski definition) is 1. The third-order valence-corrected chi connectivity index (χ3v) is 4.58. The maximum absolute atomic E-state index is 4.67. The molecule has 1 aromatic rings. The van der Waals surface area contributed by atoms with Crippen molar-refractivity contribution in [2.75, 3.05) is 24.5 Å². The van der Waals surface area contributed by atoms with Crippen molar-refractivity contribution in [3.05, 3.63) is 22.3 Å². The van der Waals surface area contributed by atoms with Gasteiger partial charge >= 0.3 is 0 Å². The summed E-state index contributed by atoms with van der Waals surface area (Å²) in [7, 11) is 0. The van der Waals surface area contributed by atoms with Gasteiger partial charge in [0.25, 0.3) is 0 Å². The first-order valence-electron chi connectivity index (χ1n) is 6.71. The number of piperidine rings is 1. The van der Waals surface area contributed by atoms with Gasteiger partial charge in [-0.15, -0.1) is 0 Å². The van der Waals surface area contributed by atoms with Crippen LogP contribution in [0.2, 0.25) is 0 Å². The van der Waals surface area contributed by atoms with E-state index in [4.69, 9.17) is 0 Å². The van der Waals surface area contributed by atoms with Crippen LogP contribution >= 0.6 is 15.9 Å². The van der Waals surface area contributed by atoms with Crippen LogP contribution < -0.4 is 10.2 Å². The molecule has 3 heterocycles. The molecule has 0 radical (unpaired) electrons. The van der Waals surface area contributed by atoms with Crippen LogP contribution in [0.3, 0.4) is 0 Å². The topological polar surface area (TPSA) is 28.2 Å². The van der Waals surface area contributed by atoms with E-state index in [2.05, 4.69) is 51.0 Å². The number of anilines is 1. The van der Waals surface area contributed by atoms with E-state index in [1.54, 1.807) is 0 Å². The van der Waals surface area contributed by atoms with E-state index >= 15 is 0 Å². The number of hydrogen-bond acceptors (Lipinski definition) is 3. The Balaban J connectivity index is 1.96.